The molecule has 0 bridgehead atoms. The second kappa shape index (κ2) is 13.4. The molecule has 0 spiro atoms. The van der Waals surface area contributed by atoms with Gasteiger partial charge in [-0.25, -0.2) is 4.79 Å². The van der Waals surface area contributed by atoms with E-state index < -0.39 is 6.04 Å². The Morgan fingerprint density at radius 1 is 0.692 bits per heavy atom. The SMILES string of the molecule is O=C1[C@H](Cc2ccc(OCc3ccccc3)cc2)N(CCCCc2ccccc2)C(=O)N1CCN1CCCC1. The van der Waals surface area contributed by atoms with Crippen molar-refractivity contribution in [2.24, 2.45) is 0 Å². The number of rotatable bonds is 13. The fraction of sp³-hybridized carbons (Fsp3) is 0.394. The van der Waals surface area contributed by atoms with Crippen LogP contribution in [0.5, 0.6) is 5.75 Å². The number of hydrogen-bond donors (Lipinski definition) is 0. The Kier molecular flexibility index (Phi) is 9.28. The molecule has 204 valence electrons. The van der Waals surface area contributed by atoms with E-state index in [1.165, 1.54) is 23.3 Å². The fourth-order valence-electron chi connectivity index (χ4n) is 5.54. The lowest BCUT2D eigenvalue weighted by Gasteiger charge is -2.22. The van der Waals surface area contributed by atoms with E-state index in [0.717, 1.165) is 55.8 Å². The van der Waals surface area contributed by atoms with Crippen LogP contribution >= 0.6 is 0 Å². The minimum atomic E-state index is -0.455. The molecule has 2 aliphatic heterocycles. The van der Waals surface area contributed by atoms with E-state index >= 15 is 0 Å². The van der Waals surface area contributed by atoms with Crippen LogP contribution in [-0.2, 0) is 24.2 Å². The fourth-order valence-corrected chi connectivity index (χ4v) is 5.54. The van der Waals surface area contributed by atoms with Crippen molar-refractivity contribution in [3.05, 3.63) is 102 Å². The van der Waals surface area contributed by atoms with Crippen LogP contribution in [0.15, 0.2) is 84.9 Å². The monoisotopic (exact) mass is 525 g/mol. The Hall–Kier alpha value is -3.64. The zero-order valence-electron chi connectivity index (χ0n) is 22.7. The van der Waals surface area contributed by atoms with E-state index in [-0.39, 0.29) is 11.9 Å². The summed E-state index contributed by atoms with van der Waals surface area (Å²) in [5.41, 5.74) is 3.46. The number of ether oxygens (including phenoxy) is 1. The third-order valence-electron chi connectivity index (χ3n) is 7.80. The molecule has 1 atom stereocenters. The summed E-state index contributed by atoms with van der Waals surface area (Å²) < 4.78 is 5.93. The van der Waals surface area contributed by atoms with E-state index in [2.05, 4.69) is 29.2 Å². The maximum atomic E-state index is 13.5. The van der Waals surface area contributed by atoms with Crippen molar-refractivity contribution >= 4 is 11.9 Å². The molecule has 0 N–H and O–H groups in total. The number of urea groups is 1. The van der Waals surface area contributed by atoms with Gasteiger partial charge in [-0.15, -0.1) is 0 Å². The van der Waals surface area contributed by atoms with E-state index in [0.29, 0.717) is 26.1 Å². The highest BCUT2D eigenvalue weighted by atomic mass is 16.5. The van der Waals surface area contributed by atoms with Gasteiger partial charge < -0.3 is 14.5 Å². The molecule has 6 heteroatoms. The van der Waals surface area contributed by atoms with Crippen LogP contribution in [0.1, 0.15) is 42.4 Å². The molecule has 2 aliphatic rings. The number of nitrogens with zero attached hydrogens (tertiary/aromatic N) is 3. The number of amides is 3. The summed E-state index contributed by atoms with van der Waals surface area (Å²) in [7, 11) is 0. The van der Waals surface area contributed by atoms with E-state index in [9.17, 15) is 9.59 Å². The molecular formula is C33H39N3O3. The van der Waals surface area contributed by atoms with Crippen molar-refractivity contribution in [1.82, 2.24) is 14.7 Å². The van der Waals surface area contributed by atoms with Gasteiger partial charge in [0.15, 0.2) is 0 Å². The van der Waals surface area contributed by atoms with Gasteiger partial charge in [0.2, 0.25) is 0 Å². The first-order valence-corrected chi connectivity index (χ1v) is 14.3. The molecular weight excluding hydrogens is 486 g/mol. The van der Waals surface area contributed by atoms with E-state index in [1.807, 2.05) is 65.6 Å². The lowest BCUT2D eigenvalue weighted by molar-refractivity contribution is -0.128. The maximum absolute atomic E-state index is 13.5. The summed E-state index contributed by atoms with van der Waals surface area (Å²) in [5.74, 6) is 0.730. The second-order valence-electron chi connectivity index (χ2n) is 10.6. The first-order valence-electron chi connectivity index (χ1n) is 14.3. The van der Waals surface area contributed by atoms with Crippen LogP contribution in [0.2, 0.25) is 0 Å². The van der Waals surface area contributed by atoms with Gasteiger partial charge in [-0.05, 0) is 74.0 Å². The molecule has 0 radical (unpaired) electrons. The van der Waals surface area contributed by atoms with Gasteiger partial charge in [-0.2, -0.15) is 0 Å². The topological polar surface area (TPSA) is 53.1 Å². The zero-order valence-corrected chi connectivity index (χ0v) is 22.7. The molecule has 2 heterocycles. The summed E-state index contributed by atoms with van der Waals surface area (Å²) >= 11 is 0. The lowest BCUT2D eigenvalue weighted by atomic mass is 10.0. The smallest absolute Gasteiger partial charge is 0.327 e. The van der Waals surface area contributed by atoms with E-state index in [1.54, 1.807) is 0 Å². The molecule has 3 amide bonds. The highest BCUT2D eigenvalue weighted by Crippen LogP contribution is 2.24. The summed E-state index contributed by atoms with van der Waals surface area (Å²) in [6.45, 7) is 4.46. The van der Waals surface area contributed by atoms with Crippen molar-refractivity contribution in [3.8, 4) is 5.75 Å². The first kappa shape index (κ1) is 26.9. The third kappa shape index (κ3) is 7.27. The van der Waals surface area contributed by atoms with Crippen LogP contribution in [0.3, 0.4) is 0 Å². The predicted molar refractivity (Wildman–Crippen MR) is 154 cm³/mol. The summed E-state index contributed by atoms with van der Waals surface area (Å²) in [6, 6.07) is 27.9. The number of aryl methyl sites for hydroxylation is 1. The molecule has 39 heavy (non-hydrogen) atoms. The summed E-state index contributed by atoms with van der Waals surface area (Å²) in [6.07, 6.45) is 5.74. The Balaban J connectivity index is 1.21. The molecule has 0 aliphatic carbocycles. The Morgan fingerprint density at radius 2 is 1.36 bits per heavy atom. The molecule has 3 aromatic carbocycles. The van der Waals surface area contributed by atoms with Crippen LogP contribution in [0.25, 0.3) is 0 Å². The molecule has 2 saturated heterocycles. The molecule has 5 rings (SSSR count). The van der Waals surface area contributed by atoms with Gasteiger partial charge in [0.25, 0.3) is 5.91 Å². The number of benzene rings is 3. The largest absolute Gasteiger partial charge is 0.489 e. The third-order valence-corrected chi connectivity index (χ3v) is 7.80. The standard InChI is InChI=1S/C33H39N3O3/c37-32-31(25-28-16-18-30(19-17-28)39-26-29-14-5-2-6-15-29)35(22-8-7-13-27-11-3-1-4-12-27)33(38)36(32)24-23-34-20-9-10-21-34/h1-6,11-12,14-19,31H,7-10,13,20-26H2/t31-/m0/s1. The number of imide groups is 1. The van der Waals surface area contributed by atoms with Crippen molar-refractivity contribution in [1.29, 1.82) is 0 Å². The van der Waals surface area contributed by atoms with Gasteiger partial charge >= 0.3 is 6.03 Å². The number of hydrogen-bond acceptors (Lipinski definition) is 4. The minimum absolute atomic E-state index is 0.0633. The van der Waals surface area contributed by atoms with Gasteiger partial charge in [0.1, 0.15) is 18.4 Å². The average molecular weight is 526 g/mol. The lowest BCUT2D eigenvalue weighted by Crippen LogP contribution is -2.39. The molecule has 6 nitrogen and oxygen atoms in total. The van der Waals surface area contributed by atoms with Crippen molar-refractivity contribution in [2.45, 2.75) is 51.2 Å². The maximum Gasteiger partial charge on any atom is 0.327 e. The Bertz CT molecular complexity index is 1190. The van der Waals surface area contributed by atoms with Gasteiger partial charge in [-0.3, -0.25) is 9.69 Å². The number of likely N-dealkylation sites (tertiary alicyclic amines) is 1. The molecule has 0 unspecified atom stereocenters. The van der Waals surface area contributed by atoms with E-state index in [4.69, 9.17) is 4.74 Å². The normalized spacial score (nSPS) is 17.8. The number of carbonyl (C=O) groups is 2. The highest BCUT2D eigenvalue weighted by Gasteiger charge is 2.44. The van der Waals surface area contributed by atoms with Crippen molar-refractivity contribution in [3.63, 3.8) is 0 Å². The van der Waals surface area contributed by atoms with Crippen LogP contribution < -0.4 is 4.74 Å². The van der Waals surface area contributed by atoms with Gasteiger partial charge in [0.05, 0.1) is 0 Å². The van der Waals surface area contributed by atoms with Crippen LogP contribution in [0, 0.1) is 0 Å². The Labute approximate surface area is 232 Å². The second-order valence-corrected chi connectivity index (χ2v) is 10.6. The minimum Gasteiger partial charge on any atom is -0.489 e. The zero-order chi connectivity index (χ0) is 26.9. The number of carbonyl (C=O) groups excluding carboxylic acids is 2. The average Bonchev–Trinajstić information content (AvgIpc) is 3.57. The van der Waals surface area contributed by atoms with Gasteiger partial charge in [0, 0.05) is 26.1 Å². The van der Waals surface area contributed by atoms with Crippen LogP contribution in [0.4, 0.5) is 4.79 Å². The summed E-state index contributed by atoms with van der Waals surface area (Å²) in [5, 5.41) is 0. The first-order chi connectivity index (χ1) is 19.2. The van der Waals surface area contributed by atoms with Gasteiger partial charge in [-0.1, -0.05) is 72.8 Å². The quantitative estimate of drug-likeness (QED) is 0.217. The highest BCUT2D eigenvalue weighted by molar-refractivity contribution is 6.04. The Morgan fingerprint density at radius 3 is 2.05 bits per heavy atom. The molecule has 2 fully saturated rings. The predicted octanol–water partition coefficient (Wildman–Crippen LogP) is 5.56. The van der Waals surface area contributed by atoms with Crippen LogP contribution in [-0.4, -0.2) is 65.4 Å². The molecule has 3 aromatic rings. The molecule has 0 aromatic heterocycles. The number of unbranched alkanes of at least 4 members (excludes halogenated alkanes) is 1. The molecule has 0 saturated carbocycles. The van der Waals surface area contributed by atoms with Crippen molar-refractivity contribution < 1.29 is 14.3 Å². The summed E-state index contributed by atoms with van der Waals surface area (Å²) in [4.78, 5) is 32.7. The van der Waals surface area contributed by atoms with Crippen molar-refractivity contribution in [2.75, 3.05) is 32.7 Å².